The molecule has 1 amide bonds. The number of rotatable bonds is 3. The van der Waals surface area contributed by atoms with Gasteiger partial charge in [0.25, 0.3) is 0 Å². The molecule has 0 aliphatic carbocycles. The Bertz CT molecular complexity index is 976. The van der Waals surface area contributed by atoms with Crippen molar-refractivity contribution >= 4 is 44.4 Å². The van der Waals surface area contributed by atoms with Gasteiger partial charge in [-0.05, 0) is 60.0 Å². The van der Waals surface area contributed by atoms with E-state index in [-0.39, 0.29) is 11.8 Å². The first-order chi connectivity index (χ1) is 13.1. The molecule has 1 atom stereocenters. The Morgan fingerprint density at radius 1 is 1.22 bits per heavy atom. The third-order valence-electron chi connectivity index (χ3n) is 4.84. The summed E-state index contributed by atoms with van der Waals surface area (Å²) < 4.78 is 0.885. The van der Waals surface area contributed by atoms with Gasteiger partial charge in [0, 0.05) is 29.1 Å². The van der Waals surface area contributed by atoms with Crippen molar-refractivity contribution in [3.8, 4) is 0 Å². The molecule has 1 N–H and O–H groups in total. The van der Waals surface area contributed by atoms with Gasteiger partial charge in [-0.15, -0.1) is 0 Å². The van der Waals surface area contributed by atoms with Gasteiger partial charge in [-0.3, -0.25) is 4.79 Å². The van der Waals surface area contributed by atoms with E-state index in [1.807, 2.05) is 12.1 Å². The second kappa shape index (κ2) is 7.60. The van der Waals surface area contributed by atoms with Crippen LogP contribution >= 0.6 is 15.9 Å². The van der Waals surface area contributed by atoms with Gasteiger partial charge < -0.3 is 10.2 Å². The van der Waals surface area contributed by atoms with E-state index in [0.717, 1.165) is 40.6 Å². The first-order valence-electron chi connectivity index (χ1n) is 8.99. The van der Waals surface area contributed by atoms with Crippen LogP contribution in [0.5, 0.6) is 0 Å². The predicted molar refractivity (Wildman–Crippen MR) is 110 cm³/mol. The highest BCUT2D eigenvalue weighted by atomic mass is 79.9. The number of hydrogen-bond acceptors (Lipinski definition) is 5. The lowest BCUT2D eigenvalue weighted by molar-refractivity contribution is -0.120. The summed E-state index contributed by atoms with van der Waals surface area (Å²) in [4.78, 5) is 28.0. The Hall–Kier alpha value is -2.54. The number of aromatic nitrogens is 3. The number of fused-ring (bicyclic) bond motifs is 1. The molecule has 7 heteroatoms. The molecule has 0 bridgehead atoms. The number of aryl methyl sites for hydroxylation is 1. The van der Waals surface area contributed by atoms with Crippen LogP contribution < -0.4 is 10.2 Å². The van der Waals surface area contributed by atoms with E-state index >= 15 is 0 Å². The summed E-state index contributed by atoms with van der Waals surface area (Å²) in [6.45, 7) is 3.59. The van der Waals surface area contributed by atoms with E-state index in [9.17, 15) is 4.79 Å². The van der Waals surface area contributed by atoms with Crippen molar-refractivity contribution in [1.29, 1.82) is 0 Å². The molecular formula is C20H20BrN5O. The summed E-state index contributed by atoms with van der Waals surface area (Å²) in [6, 6.07) is 9.84. The van der Waals surface area contributed by atoms with Crippen molar-refractivity contribution in [2.45, 2.75) is 19.8 Å². The highest BCUT2D eigenvalue weighted by Crippen LogP contribution is 2.28. The van der Waals surface area contributed by atoms with Crippen LogP contribution in [-0.4, -0.2) is 33.9 Å². The maximum atomic E-state index is 12.7. The fraction of sp³-hybridized carbons (Fsp3) is 0.300. The standard InChI is InChI=1S/C20H20BrN5O/c1-13-4-6-17-16(9-13)19(24-12-23-17)26-8-2-3-14(11-26)20(27)25-18-7-5-15(21)10-22-18/h4-7,9-10,12,14H,2-3,8,11H2,1H3,(H,22,25,27). The van der Waals surface area contributed by atoms with Crippen LogP contribution in [0.4, 0.5) is 11.6 Å². The van der Waals surface area contributed by atoms with Gasteiger partial charge in [-0.2, -0.15) is 0 Å². The molecule has 1 aromatic carbocycles. The van der Waals surface area contributed by atoms with Crippen LogP contribution in [0.2, 0.25) is 0 Å². The lowest BCUT2D eigenvalue weighted by Gasteiger charge is -2.33. The summed E-state index contributed by atoms with van der Waals surface area (Å²) >= 11 is 3.35. The number of carbonyl (C=O) groups excluding carboxylic acids is 1. The average Bonchev–Trinajstić information content (AvgIpc) is 2.69. The molecule has 1 aliphatic rings. The SMILES string of the molecule is Cc1ccc2ncnc(N3CCCC(C(=O)Nc4ccc(Br)cn4)C3)c2c1. The zero-order valence-electron chi connectivity index (χ0n) is 15.0. The molecule has 0 spiro atoms. The molecule has 1 saturated heterocycles. The number of anilines is 2. The Balaban J connectivity index is 1.54. The number of piperidine rings is 1. The lowest BCUT2D eigenvalue weighted by Crippen LogP contribution is -2.41. The van der Waals surface area contributed by atoms with Crippen LogP contribution in [0.1, 0.15) is 18.4 Å². The molecule has 138 valence electrons. The van der Waals surface area contributed by atoms with Gasteiger partial charge in [0.15, 0.2) is 0 Å². The molecule has 1 fully saturated rings. The van der Waals surface area contributed by atoms with Crippen LogP contribution in [0.3, 0.4) is 0 Å². The largest absolute Gasteiger partial charge is 0.355 e. The van der Waals surface area contributed by atoms with Crippen molar-refractivity contribution in [3.63, 3.8) is 0 Å². The van der Waals surface area contributed by atoms with Crippen LogP contribution in [0, 0.1) is 12.8 Å². The molecule has 0 saturated carbocycles. The Kier molecular flexibility index (Phi) is 5.03. The number of halogens is 1. The average molecular weight is 426 g/mol. The monoisotopic (exact) mass is 425 g/mol. The van der Waals surface area contributed by atoms with E-state index in [2.05, 4.69) is 60.2 Å². The molecule has 3 heterocycles. The number of nitrogens with one attached hydrogen (secondary N) is 1. The van der Waals surface area contributed by atoms with Gasteiger partial charge in [0.1, 0.15) is 18.0 Å². The maximum absolute atomic E-state index is 12.7. The third kappa shape index (κ3) is 3.93. The minimum absolute atomic E-state index is 0.00376. The van der Waals surface area contributed by atoms with Crippen molar-refractivity contribution in [1.82, 2.24) is 15.0 Å². The van der Waals surface area contributed by atoms with Gasteiger partial charge in [-0.25, -0.2) is 15.0 Å². The summed E-state index contributed by atoms with van der Waals surface area (Å²) in [5.74, 6) is 1.38. The highest BCUT2D eigenvalue weighted by Gasteiger charge is 2.27. The molecule has 1 aliphatic heterocycles. The maximum Gasteiger partial charge on any atom is 0.230 e. The van der Waals surface area contributed by atoms with Crippen molar-refractivity contribution in [2.75, 3.05) is 23.3 Å². The zero-order chi connectivity index (χ0) is 18.8. The van der Waals surface area contributed by atoms with Crippen LogP contribution in [-0.2, 0) is 4.79 Å². The summed E-state index contributed by atoms with van der Waals surface area (Å²) in [5.41, 5.74) is 2.10. The molecule has 2 aromatic heterocycles. The van der Waals surface area contributed by atoms with E-state index < -0.39 is 0 Å². The Morgan fingerprint density at radius 2 is 2.11 bits per heavy atom. The number of benzene rings is 1. The summed E-state index contributed by atoms with van der Waals surface area (Å²) in [5, 5.41) is 3.96. The number of nitrogens with zero attached hydrogens (tertiary/aromatic N) is 4. The first kappa shape index (κ1) is 17.9. The van der Waals surface area contributed by atoms with Crippen molar-refractivity contribution in [3.05, 3.63) is 52.9 Å². The Labute approximate surface area is 166 Å². The van der Waals surface area contributed by atoms with Gasteiger partial charge in [0.2, 0.25) is 5.91 Å². The fourth-order valence-corrected chi connectivity index (χ4v) is 3.70. The van der Waals surface area contributed by atoms with Gasteiger partial charge >= 0.3 is 0 Å². The molecule has 3 aromatic rings. The summed E-state index contributed by atoms with van der Waals surface area (Å²) in [6.07, 6.45) is 5.09. The lowest BCUT2D eigenvalue weighted by atomic mass is 9.96. The van der Waals surface area contributed by atoms with E-state index in [1.165, 1.54) is 5.56 Å². The normalized spacial score (nSPS) is 17.1. The van der Waals surface area contributed by atoms with Gasteiger partial charge in [0.05, 0.1) is 11.4 Å². The number of pyridine rings is 1. The molecule has 4 rings (SSSR count). The highest BCUT2D eigenvalue weighted by molar-refractivity contribution is 9.10. The van der Waals surface area contributed by atoms with Crippen molar-refractivity contribution in [2.24, 2.45) is 5.92 Å². The van der Waals surface area contributed by atoms with Crippen LogP contribution in [0.15, 0.2) is 47.3 Å². The molecule has 27 heavy (non-hydrogen) atoms. The minimum Gasteiger partial charge on any atom is -0.355 e. The number of carbonyl (C=O) groups is 1. The molecule has 6 nitrogen and oxygen atoms in total. The first-order valence-corrected chi connectivity index (χ1v) is 9.78. The summed E-state index contributed by atoms with van der Waals surface area (Å²) in [7, 11) is 0. The third-order valence-corrected chi connectivity index (χ3v) is 5.31. The predicted octanol–water partition coefficient (Wildman–Crippen LogP) is 3.95. The fourth-order valence-electron chi connectivity index (χ4n) is 3.47. The van der Waals surface area contributed by atoms with Crippen molar-refractivity contribution < 1.29 is 4.79 Å². The van der Waals surface area contributed by atoms with E-state index in [1.54, 1.807) is 18.6 Å². The second-order valence-electron chi connectivity index (χ2n) is 6.85. The smallest absolute Gasteiger partial charge is 0.230 e. The molecular weight excluding hydrogens is 406 g/mol. The topological polar surface area (TPSA) is 71.0 Å². The molecule has 1 unspecified atom stereocenters. The van der Waals surface area contributed by atoms with Gasteiger partial charge in [-0.1, -0.05) is 11.6 Å². The zero-order valence-corrected chi connectivity index (χ0v) is 16.6. The minimum atomic E-state index is -0.0981. The van der Waals surface area contributed by atoms with E-state index in [4.69, 9.17) is 0 Å². The van der Waals surface area contributed by atoms with Crippen LogP contribution in [0.25, 0.3) is 10.9 Å². The number of hydrogen-bond donors (Lipinski definition) is 1. The van der Waals surface area contributed by atoms with E-state index in [0.29, 0.717) is 12.4 Å². The number of amides is 1. The Morgan fingerprint density at radius 3 is 2.93 bits per heavy atom. The second-order valence-corrected chi connectivity index (χ2v) is 7.77. The molecule has 0 radical (unpaired) electrons. The quantitative estimate of drug-likeness (QED) is 0.687.